The highest BCUT2D eigenvalue weighted by molar-refractivity contribution is 7.88. The molecule has 1 amide bonds. The number of carbonyl (C=O) groups is 1. The lowest BCUT2D eigenvalue weighted by Gasteiger charge is -2.10. The molecule has 3 aromatic rings. The second-order valence-electron chi connectivity index (χ2n) is 7.32. The van der Waals surface area contributed by atoms with Gasteiger partial charge in [0.1, 0.15) is 6.54 Å². The number of sulfonamides is 1. The third kappa shape index (κ3) is 6.63. The first-order valence-corrected chi connectivity index (χ1v) is 11.3. The predicted molar refractivity (Wildman–Crippen MR) is 115 cm³/mol. The molecule has 0 fully saturated rings. The fourth-order valence-electron chi connectivity index (χ4n) is 2.87. The zero-order chi connectivity index (χ0) is 22.4. The van der Waals surface area contributed by atoms with E-state index in [1.165, 1.54) is 0 Å². The van der Waals surface area contributed by atoms with Gasteiger partial charge in [-0.1, -0.05) is 42.5 Å². The first-order chi connectivity index (χ1) is 14.7. The average Bonchev–Trinajstić information content (AvgIpc) is 3.07. The highest BCUT2D eigenvalue weighted by atomic mass is 32.2. The summed E-state index contributed by atoms with van der Waals surface area (Å²) in [6, 6.07) is 15.7. The number of nitrogens with one attached hydrogen (secondary N) is 2. The summed E-state index contributed by atoms with van der Waals surface area (Å²) in [7, 11) is -3.40. The van der Waals surface area contributed by atoms with Crippen molar-refractivity contribution in [1.82, 2.24) is 19.8 Å². The van der Waals surface area contributed by atoms with E-state index < -0.39 is 21.7 Å². The Balaban J connectivity index is 1.54. The van der Waals surface area contributed by atoms with Gasteiger partial charge in [-0.2, -0.15) is 4.68 Å². The van der Waals surface area contributed by atoms with Gasteiger partial charge in [-0.05, 0) is 37.1 Å². The smallest absolute Gasteiger partial charge is 0.388 e. The summed E-state index contributed by atoms with van der Waals surface area (Å²) in [5.74, 6) is -1.08. The van der Waals surface area contributed by atoms with Crippen molar-refractivity contribution < 1.29 is 17.6 Å². The summed E-state index contributed by atoms with van der Waals surface area (Å²) in [6.07, 6.45) is 0. The van der Waals surface area contributed by atoms with Crippen LogP contribution in [0.1, 0.15) is 25.0 Å². The van der Waals surface area contributed by atoms with Gasteiger partial charge < -0.3 is 9.73 Å². The minimum atomic E-state index is -3.40. The van der Waals surface area contributed by atoms with Crippen LogP contribution in [-0.2, 0) is 33.7 Å². The Hall–Kier alpha value is -3.24. The number of hydrogen-bond donors (Lipinski definition) is 2. The first kappa shape index (κ1) is 22.4. The number of nitrogens with zero attached hydrogens (tertiary/aromatic N) is 2. The molecule has 0 unspecified atom stereocenters. The molecule has 0 aliphatic rings. The van der Waals surface area contributed by atoms with E-state index in [4.69, 9.17) is 4.42 Å². The SMILES string of the molecule is CC(C)NS(=O)(=O)Cc1ccc(CNC(=O)Cn2nc(-c3ccccc3)oc2=O)cc1. The Morgan fingerprint density at radius 3 is 2.35 bits per heavy atom. The van der Waals surface area contributed by atoms with Crippen molar-refractivity contribution in [1.29, 1.82) is 0 Å². The van der Waals surface area contributed by atoms with Crippen LogP contribution in [0.2, 0.25) is 0 Å². The third-order valence-electron chi connectivity index (χ3n) is 4.20. The van der Waals surface area contributed by atoms with E-state index >= 15 is 0 Å². The second-order valence-corrected chi connectivity index (χ2v) is 9.08. The lowest BCUT2D eigenvalue weighted by molar-refractivity contribution is -0.122. The van der Waals surface area contributed by atoms with Crippen LogP contribution in [0, 0.1) is 0 Å². The minimum Gasteiger partial charge on any atom is -0.388 e. The third-order valence-corrected chi connectivity index (χ3v) is 5.75. The van der Waals surface area contributed by atoms with E-state index in [-0.39, 0.29) is 30.8 Å². The Kier molecular flexibility index (Phi) is 7.03. The van der Waals surface area contributed by atoms with Crippen LogP contribution in [0.3, 0.4) is 0 Å². The quantitative estimate of drug-likeness (QED) is 0.517. The number of carbonyl (C=O) groups excluding carboxylic acids is 1. The van der Waals surface area contributed by atoms with E-state index in [2.05, 4.69) is 15.1 Å². The van der Waals surface area contributed by atoms with Crippen molar-refractivity contribution in [3.05, 3.63) is 76.3 Å². The van der Waals surface area contributed by atoms with Crippen LogP contribution in [0.15, 0.2) is 63.8 Å². The Morgan fingerprint density at radius 1 is 1.06 bits per heavy atom. The standard InChI is InChI=1S/C21H24N4O5S/c1-15(2)24-31(28,29)14-17-10-8-16(9-11-17)12-22-19(26)13-25-21(27)30-20(23-25)18-6-4-3-5-7-18/h3-11,15,24H,12-14H2,1-2H3,(H,22,26). The van der Waals surface area contributed by atoms with Crippen molar-refractivity contribution >= 4 is 15.9 Å². The molecule has 2 N–H and O–H groups in total. The van der Waals surface area contributed by atoms with E-state index in [0.717, 1.165) is 10.2 Å². The molecule has 0 saturated carbocycles. The minimum absolute atomic E-state index is 0.114. The van der Waals surface area contributed by atoms with Gasteiger partial charge in [0.2, 0.25) is 21.8 Å². The van der Waals surface area contributed by atoms with E-state index in [0.29, 0.717) is 11.1 Å². The zero-order valence-electron chi connectivity index (χ0n) is 17.2. The van der Waals surface area contributed by atoms with Gasteiger partial charge in [-0.3, -0.25) is 4.79 Å². The average molecular weight is 445 g/mol. The maximum atomic E-state index is 12.2. The fraction of sp³-hybridized carbons (Fsp3) is 0.286. The van der Waals surface area contributed by atoms with Crippen LogP contribution >= 0.6 is 0 Å². The number of hydrogen-bond acceptors (Lipinski definition) is 6. The molecule has 0 aliphatic heterocycles. The molecule has 9 nitrogen and oxygen atoms in total. The number of amides is 1. The molecular weight excluding hydrogens is 420 g/mol. The van der Waals surface area contributed by atoms with Crippen LogP contribution in [0.4, 0.5) is 0 Å². The topological polar surface area (TPSA) is 123 Å². The molecule has 1 heterocycles. The highest BCUT2D eigenvalue weighted by Crippen LogP contribution is 2.14. The molecule has 0 spiro atoms. The van der Waals surface area contributed by atoms with Crippen molar-refractivity contribution in [2.24, 2.45) is 0 Å². The van der Waals surface area contributed by atoms with Crippen LogP contribution in [0.5, 0.6) is 0 Å². The molecule has 0 saturated heterocycles. The molecule has 0 radical (unpaired) electrons. The van der Waals surface area contributed by atoms with E-state index in [1.54, 1.807) is 62.4 Å². The molecule has 0 atom stereocenters. The van der Waals surface area contributed by atoms with Crippen molar-refractivity contribution in [2.75, 3.05) is 0 Å². The summed E-state index contributed by atoms with van der Waals surface area (Å²) in [6.45, 7) is 3.48. The summed E-state index contributed by atoms with van der Waals surface area (Å²) < 4.78 is 32.6. The highest BCUT2D eigenvalue weighted by Gasteiger charge is 2.14. The van der Waals surface area contributed by atoms with Gasteiger partial charge in [0.05, 0.1) is 5.75 Å². The zero-order valence-corrected chi connectivity index (χ0v) is 18.1. The maximum Gasteiger partial charge on any atom is 0.437 e. The lowest BCUT2D eigenvalue weighted by atomic mass is 10.1. The summed E-state index contributed by atoms with van der Waals surface area (Å²) >= 11 is 0. The summed E-state index contributed by atoms with van der Waals surface area (Å²) in [5, 5.41) is 6.76. The van der Waals surface area contributed by atoms with Crippen molar-refractivity contribution in [3.8, 4) is 11.5 Å². The monoisotopic (exact) mass is 444 g/mol. The van der Waals surface area contributed by atoms with Gasteiger partial charge in [0.15, 0.2) is 0 Å². The predicted octanol–water partition coefficient (Wildman–Crippen LogP) is 1.65. The van der Waals surface area contributed by atoms with Crippen LogP contribution in [-0.4, -0.2) is 30.1 Å². The Bertz CT molecular complexity index is 1180. The van der Waals surface area contributed by atoms with Crippen molar-refractivity contribution in [2.45, 2.75) is 38.7 Å². The van der Waals surface area contributed by atoms with Crippen LogP contribution < -0.4 is 15.8 Å². The largest absolute Gasteiger partial charge is 0.437 e. The van der Waals surface area contributed by atoms with E-state index in [1.807, 2.05) is 6.07 Å². The molecule has 3 rings (SSSR count). The van der Waals surface area contributed by atoms with Gasteiger partial charge in [-0.25, -0.2) is 17.9 Å². The first-order valence-electron chi connectivity index (χ1n) is 9.70. The molecular formula is C21H24N4O5S. The molecule has 1 aromatic heterocycles. The summed E-state index contributed by atoms with van der Waals surface area (Å²) in [5.41, 5.74) is 2.08. The lowest BCUT2D eigenvalue weighted by Crippen LogP contribution is -2.31. The second kappa shape index (κ2) is 9.71. The Labute approximate surface area is 180 Å². The number of rotatable bonds is 9. The fourth-order valence-corrected chi connectivity index (χ4v) is 4.30. The van der Waals surface area contributed by atoms with Gasteiger partial charge in [-0.15, -0.1) is 5.10 Å². The molecule has 0 bridgehead atoms. The molecule has 10 heteroatoms. The van der Waals surface area contributed by atoms with Gasteiger partial charge in [0.25, 0.3) is 0 Å². The summed E-state index contributed by atoms with van der Waals surface area (Å²) in [4.78, 5) is 24.1. The molecule has 2 aromatic carbocycles. The van der Waals surface area contributed by atoms with Gasteiger partial charge in [0, 0.05) is 18.2 Å². The molecule has 164 valence electrons. The van der Waals surface area contributed by atoms with Gasteiger partial charge >= 0.3 is 5.76 Å². The Morgan fingerprint density at radius 2 is 1.71 bits per heavy atom. The maximum absolute atomic E-state index is 12.2. The number of aromatic nitrogens is 2. The number of benzene rings is 2. The molecule has 0 aliphatic carbocycles. The van der Waals surface area contributed by atoms with Crippen LogP contribution in [0.25, 0.3) is 11.5 Å². The normalized spacial score (nSPS) is 11.6. The van der Waals surface area contributed by atoms with Crippen molar-refractivity contribution in [3.63, 3.8) is 0 Å². The van der Waals surface area contributed by atoms with E-state index in [9.17, 15) is 18.0 Å². The molecule has 31 heavy (non-hydrogen) atoms.